The van der Waals surface area contributed by atoms with Gasteiger partial charge in [0.05, 0.1) is 17.9 Å². The van der Waals surface area contributed by atoms with Crippen molar-refractivity contribution in [1.82, 2.24) is 10.6 Å². The lowest BCUT2D eigenvalue weighted by Gasteiger charge is -2.11. The van der Waals surface area contributed by atoms with Crippen molar-refractivity contribution in [3.63, 3.8) is 0 Å². The van der Waals surface area contributed by atoms with Gasteiger partial charge in [-0.05, 0) is 18.6 Å². The zero-order valence-corrected chi connectivity index (χ0v) is 11.9. The van der Waals surface area contributed by atoms with Crippen LogP contribution in [0, 0.1) is 0 Å². The molecule has 0 bridgehead atoms. The largest absolute Gasteiger partial charge is 0.383 e. The maximum Gasteiger partial charge on any atom is 0.319 e. The van der Waals surface area contributed by atoms with Gasteiger partial charge in [-0.15, -0.1) is 0 Å². The van der Waals surface area contributed by atoms with Gasteiger partial charge in [0.2, 0.25) is 0 Å². The van der Waals surface area contributed by atoms with Crippen LogP contribution in [0.25, 0.3) is 0 Å². The molecule has 6 heteroatoms. The second-order valence-corrected chi connectivity index (χ2v) is 4.18. The summed E-state index contributed by atoms with van der Waals surface area (Å²) in [6, 6.07) is 6.56. The second-order valence-electron chi connectivity index (χ2n) is 4.18. The van der Waals surface area contributed by atoms with Crippen LogP contribution in [0.4, 0.5) is 10.5 Å². The Balaban J connectivity index is 2.67. The molecule has 3 N–H and O–H groups in total. The fraction of sp³-hybridized carbons (Fsp3) is 0.429. The molecule has 0 unspecified atom stereocenters. The summed E-state index contributed by atoms with van der Waals surface area (Å²) in [5.74, 6) is -0.242. The number of anilines is 1. The SMILES string of the molecule is CCCNC(=O)Nc1ccccc1C(=O)NCCOC. The molecular weight excluding hydrogens is 258 g/mol. The molecule has 3 amide bonds. The molecule has 6 nitrogen and oxygen atoms in total. The van der Waals surface area contributed by atoms with E-state index >= 15 is 0 Å². The zero-order valence-electron chi connectivity index (χ0n) is 11.9. The first-order valence-electron chi connectivity index (χ1n) is 6.60. The molecular formula is C14H21N3O3. The normalized spacial score (nSPS) is 9.90. The quantitative estimate of drug-likeness (QED) is 0.663. The Morgan fingerprint density at radius 1 is 1.15 bits per heavy atom. The molecule has 20 heavy (non-hydrogen) atoms. The molecule has 0 saturated carbocycles. The van der Waals surface area contributed by atoms with Crippen molar-refractivity contribution in [3.8, 4) is 0 Å². The molecule has 0 radical (unpaired) electrons. The molecule has 0 aromatic heterocycles. The summed E-state index contributed by atoms with van der Waals surface area (Å²) in [7, 11) is 1.57. The van der Waals surface area contributed by atoms with Crippen molar-refractivity contribution in [1.29, 1.82) is 0 Å². The minimum atomic E-state index is -0.316. The number of hydrogen-bond donors (Lipinski definition) is 3. The topological polar surface area (TPSA) is 79.5 Å². The van der Waals surface area contributed by atoms with Crippen molar-refractivity contribution in [3.05, 3.63) is 29.8 Å². The minimum absolute atomic E-state index is 0.242. The van der Waals surface area contributed by atoms with Crippen LogP contribution >= 0.6 is 0 Å². The first-order valence-corrected chi connectivity index (χ1v) is 6.60. The van der Waals surface area contributed by atoms with Crippen molar-refractivity contribution >= 4 is 17.6 Å². The number of ether oxygens (including phenoxy) is 1. The second kappa shape index (κ2) is 8.92. The molecule has 110 valence electrons. The molecule has 0 atom stereocenters. The van der Waals surface area contributed by atoms with E-state index in [9.17, 15) is 9.59 Å². The van der Waals surface area contributed by atoms with Crippen molar-refractivity contribution in [2.45, 2.75) is 13.3 Å². The van der Waals surface area contributed by atoms with Crippen LogP contribution in [0.3, 0.4) is 0 Å². The lowest BCUT2D eigenvalue weighted by Crippen LogP contribution is -2.31. The van der Waals surface area contributed by atoms with Gasteiger partial charge in [-0.2, -0.15) is 0 Å². The summed E-state index contributed by atoms with van der Waals surface area (Å²) in [5, 5.41) is 8.09. The molecule has 1 aromatic rings. The summed E-state index contributed by atoms with van der Waals surface area (Å²) < 4.78 is 4.87. The molecule has 0 fully saturated rings. The number of para-hydroxylation sites is 1. The highest BCUT2D eigenvalue weighted by Gasteiger charge is 2.12. The van der Waals surface area contributed by atoms with Crippen LogP contribution in [0.5, 0.6) is 0 Å². The smallest absolute Gasteiger partial charge is 0.319 e. The summed E-state index contributed by atoms with van der Waals surface area (Å²) in [6.45, 7) is 3.43. The Hall–Kier alpha value is -2.08. The van der Waals surface area contributed by atoms with E-state index in [1.54, 1.807) is 31.4 Å². The summed E-state index contributed by atoms with van der Waals surface area (Å²) in [5.41, 5.74) is 0.909. The number of amides is 3. The Labute approximate surface area is 118 Å². The van der Waals surface area contributed by atoms with E-state index in [-0.39, 0.29) is 11.9 Å². The summed E-state index contributed by atoms with van der Waals surface area (Å²) in [6.07, 6.45) is 0.854. The monoisotopic (exact) mass is 279 g/mol. The van der Waals surface area contributed by atoms with Gasteiger partial charge < -0.3 is 20.7 Å². The lowest BCUT2D eigenvalue weighted by molar-refractivity contribution is 0.0938. The van der Waals surface area contributed by atoms with Gasteiger partial charge in [0, 0.05) is 20.2 Å². The van der Waals surface area contributed by atoms with Gasteiger partial charge in [-0.1, -0.05) is 19.1 Å². The van der Waals surface area contributed by atoms with E-state index in [1.165, 1.54) is 0 Å². The van der Waals surface area contributed by atoms with Gasteiger partial charge in [-0.25, -0.2) is 4.79 Å². The summed E-state index contributed by atoms with van der Waals surface area (Å²) in [4.78, 5) is 23.6. The minimum Gasteiger partial charge on any atom is -0.383 e. The average Bonchev–Trinajstić information content (AvgIpc) is 2.46. The third-order valence-corrected chi connectivity index (χ3v) is 2.55. The predicted octanol–water partition coefficient (Wildman–Crippen LogP) is 1.59. The fourth-order valence-electron chi connectivity index (χ4n) is 1.56. The third kappa shape index (κ3) is 5.27. The van der Waals surface area contributed by atoms with E-state index in [4.69, 9.17) is 4.74 Å². The molecule has 0 aliphatic carbocycles. The third-order valence-electron chi connectivity index (χ3n) is 2.55. The molecule has 0 aliphatic rings. The first kappa shape index (κ1) is 16.0. The number of urea groups is 1. The fourth-order valence-corrected chi connectivity index (χ4v) is 1.56. The lowest BCUT2D eigenvalue weighted by atomic mass is 10.1. The Kier molecular flexibility index (Phi) is 7.13. The first-order chi connectivity index (χ1) is 9.69. The number of hydrogen-bond acceptors (Lipinski definition) is 3. The number of carbonyl (C=O) groups excluding carboxylic acids is 2. The molecule has 1 aromatic carbocycles. The zero-order chi connectivity index (χ0) is 14.8. The van der Waals surface area contributed by atoms with Gasteiger partial charge in [0.1, 0.15) is 0 Å². The predicted molar refractivity (Wildman–Crippen MR) is 78.0 cm³/mol. The van der Waals surface area contributed by atoms with Crippen LogP contribution in [-0.2, 0) is 4.74 Å². The Morgan fingerprint density at radius 3 is 2.60 bits per heavy atom. The number of benzene rings is 1. The Morgan fingerprint density at radius 2 is 1.90 bits per heavy atom. The maximum absolute atomic E-state index is 12.0. The molecule has 0 aliphatic heterocycles. The average molecular weight is 279 g/mol. The van der Waals surface area contributed by atoms with E-state index in [2.05, 4.69) is 16.0 Å². The molecule has 0 saturated heterocycles. The van der Waals surface area contributed by atoms with E-state index in [0.29, 0.717) is 30.9 Å². The van der Waals surface area contributed by atoms with E-state index in [0.717, 1.165) is 6.42 Å². The van der Waals surface area contributed by atoms with Crippen LogP contribution in [0.1, 0.15) is 23.7 Å². The van der Waals surface area contributed by atoms with E-state index in [1.807, 2.05) is 6.92 Å². The highest BCUT2D eigenvalue weighted by molar-refractivity contribution is 6.03. The van der Waals surface area contributed by atoms with Crippen LogP contribution in [0.2, 0.25) is 0 Å². The highest BCUT2D eigenvalue weighted by Crippen LogP contribution is 2.14. The van der Waals surface area contributed by atoms with E-state index < -0.39 is 0 Å². The molecule has 1 rings (SSSR count). The van der Waals surface area contributed by atoms with Gasteiger partial charge in [0.25, 0.3) is 5.91 Å². The number of nitrogens with one attached hydrogen (secondary N) is 3. The Bertz CT molecular complexity index is 449. The van der Waals surface area contributed by atoms with Crippen molar-refractivity contribution < 1.29 is 14.3 Å². The van der Waals surface area contributed by atoms with Crippen molar-refractivity contribution in [2.24, 2.45) is 0 Å². The van der Waals surface area contributed by atoms with Gasteiger partial charge in [0.15, 0.2) is 0 Å². The maximum atomic E-state index is 12.0. The van der Waals surface area contributed by atoms with Gasteiger partial charge >= 0.3 is 6.03 Å². The highest BCUT2D eigenvalue weighted by atomic mass is 16.5. The number of rotatable bonds is 7. The van der Waals surface area contributed by atoms with Crippen LogP contribution in [0.15, 0.2) is 24.3 Å². The number of carbonyl (C=O) groups is 2. The van der Waals surface area contributed by atoms with Gasteiger partial charge in [-0.3, -0.25) is 4.79 Å². The molecule has 0 heterocycles. The van der Waals surface area contributed by atoms with Crippen molar-refractivity contribution in [2.75, 3.05) is 32.1 Å². The van der Waals surface area contributed by atoms with Crippen LogP contribution < -0.4 is 16.0 Å². The number of methoxy groups -OCH3 is 1. The molecule has 0 spiro atoms. The van der Waals surface area contributed by atoms with Crippen LogP contribution in [-0.4, -0.2) is 38.7 Å². The summed E-state index contributed by atoms with van der Waals surface area (Å²) >= 11 is 0. The standard InChI is InChI=1S/C14H21N3O3/c1-3-8-16-14(19)17-12-7-5-4-6-11(12)13(18)15-9-10-20-2/h4-7H,3,8-10H2,1-2H3,(H,15,18)(H2,16,17,19).